The SMILES string of the molecule is CC1(C)[C@@H](C(=O)N[C@@H](Cc2ccc(NC(=O)c3cccc(Cl)c3)cc2)C(=O)O)CC[C@@]1(C)C(=O)O. The third-order valence-corrected chi connectivity index (χ3v) is 7.60. The van der Waals surface area contributed by atoms with Gasteiger partial charge in [0.05, 0.1) is 5.41 Å². The lowest BCUT2D eigenvalue weighted by molar-refractivity contribution is -0.155. The van der Waals surface area contributed by atoms with E-state index in [9.17, 15) is 29.4 Å². The molecule has 1 aliphatic carbocycles. The number of amides is 2. The molecular formula is C26H29ClN2O6. The van der Waals surface area contributed by atoms with Crippen LogP contribution in [0.5, 0.6) is 0 Å². The third kappa shape index (κ3) is 5.48. The average Bonchev–Trinajstić information content (AvgIpc) is 3.04. The lowest BCUT2D eigenvalue weighted by Crippen LogP contribution is -2.49. The summed E-state index contributed by atoms with van der Waals surface area (Å²) >= 11 is 5.92. The zero-order chi connectivity index (χ0) is 26.0. The van der Waals surface area contributed by atoms with Crippen molar-refractivity contribution in [1.29, 1.82) is 0 Å². The van der Waals surface area contributed by atoms with Crippen molar-refractivity contribution < 1.29 is 29.4 Å². The number of carbonyl (C=O) groups excluding carboxylic acids is 2. The molecule has 4 N–H and O–H groups in total. The van der Waals surface area contributed by atoms with E-state index in [1.165, 1.54) is 0 Å². The minimum Gasteiger partial charge on any atom is -0.481 e. The number of carboxylic acid groups (broad SMARTS) is 2. The van der Waals surface area contributed by atoms with Crippen LogP contribution in [0, 0.1) is 16.7 Å². The van der Waals surface area contributed by atoms with Crippen LogP contribution in [-0.2, 0) is 20.8 Å². The van der Waals surface area contributed by atoms with Gasteiger partial charge in [-0.2, -0.15) is 0 Å². The minimum absolute atomic E-state index is 0.0347. The van der Waals surface area contributed by atoms with E-state index in [0.29, 0.717) is 34.7 Å². The van der Waals surface area contributed by atoms with Gasteiger partial charge in [0, 0.05) is 28.6 Å². The van der Waals surface area contributed by atoms with Crippen LogP contribution in [0.1, 0.15) is 49.5 Å². The summed E-state index contributed by atoms with van der Waals surface area (Å²) in [5.41, 5.74) is -0.327. The molecule has 3 atom stereocenters. The second-order valence-corrected chi connectivity index (χ2v) is 10.2. The first-order chi connectivity index (χ1) is 16.3. The second-order valence-electron chi connectivity index (χ2n) is 9.72. The third-order valence-electron chi connectivity index (χ3n) is 7.37. The molecule has 35 heavy (non-hydrogen) atoms. The Hall–Kier alpha value is -3.39. The van der Waals surface area contributed by atoms with Gasteiger partial charge < -0.3 is 20.8 Å². The fourth-order valence-electron chi connectivity index (χ4n) is 4.61. The van der Waals surface area contributed by atoms with E-state index in [1.807, 2.05) is 0 Å². The van der Waals surface area contributed by atoms with E-state index in [1.54, 1.807) is 69.3 Å². The molecule has 3 rings (SSSR count). The molecule has 2 aromatic rings. The summed E-state index contributed by atoms with van der Waals surface area (Å²) in [5, 5.41) is 25.2. The van der Waals surface area contributed by atoms with Crippen molar-refractivity contribution in [2.24, 2.45) is 16.7 Å². The molecule has 0 saturated heterocycles. The van der Waals surface area contributed by atoms with Crippen LogP contribution >= 0.6 is 11.6 Å². The molecule has 2 aromatic carbocycles. The highest BCUT2D eigenvalue weighted by molar-refractivity contribution is 6.31. The first-order valence-corrected chi connectivity index (χ1v) is 11.7. The van der Waals surface area contributed by atoms with Gasteiger partial charge in [0.15, 0.2) is 0 Å². The standard InChI is InChI=1S/C26H29ClN2O6/c1-25(2)19(11-12-26(25,3)24(34)35)22(31)29-20(23(32)33)13-15-7-9-18(10-8-15)28-21(30)16-5-4-6-17(27)14-16/h4-10,14,19-20H,11-13H2,1-3H3,(H,28,30)(H,29,31)(H,32,33)(H,34,35)/t19-,20+,26+/m1/s1. The van der Waals surface area contributed by atoms with Crippen LogP contribution in [-0.4, -0.2) is 40.0 Å². The van der Waals surface area contributed by atoms with E-state index in [4.69, 9.17) is 11.6 Å². The molecule has 0 bridgehead atoms. The van der Waals surface area contributed by atoms with Crippen molar-refractivity contribution in [2.45, 2.75) is 46.1 Å². The van der Waals surface area contributed by atoms with Crippen molar-refractivity contribution in [3.8, 4) is 0 Å². The summed E-state index contributed by atoms with van der Waals surface area (Å²) < 4.78 is 0. The molecule has 0 unspecified atom stereocenters. The number of rotatable bonds is 8. The zero-order valence-corrected chi connectivity index (χ0v) is 20.6. The lowest BCUT2D eigenvalue weighted by Gasteiger charge is -2.38. The Bertz CT molecular complexity index is 1150. The van der Waals surface area contributed by atoms with Crippen LogP contribution in [0.25, 0.3) is 0 Å². The highest BCUT2D eigenvalue weighted by atomic mass is 35.5. The van der Waals surface area contributed by atoms with Crippen molar-refractivity contribution in [1.82, 2.24) is 5.32 Å². The van der Waals surface area contributed by atoms with Gasteiger partial charge in [-0.25, -0.2) is 4.79 Å². The Morgan fingerprint density at radius 1 is 1.06 bits per heavy atom. The lowest BCUT2D eigenvalue weighted by atomic mass is 9.65. The van der Waals surface area contributed by atoms with E-state index in [-0.39, 0.29) is 12.3 Å². The summed E-state index contributed by atoms with van der Waals surface area (Å²) in [5.74, 6) is -3.56. The maximum atomic E-state index is 13.0. The molecule has 0 spiro atoms. The molecule has 0 aliphatic heterocycles. The molecule has 9 heteroatoms. The Kier molecular flexibility index (Phi) is 7.55. The Morgan fingerprint density at radius 2 is 1.71 bits per heavy atom. The van der Waals surface area contributed by atoms with Crippen molar-refractivity contribution in [2.75, 3.05) is 5.32 Å². The molecule has 1 fully saturated rings. The van der Waals surface area contributed by atoms with Gasteiger partial charge in [0.1, 0.15) is 6.04 Å². The van der Waals surface area contributed by atoms with Gasteiger partial charge in [-0.3, -0.25) is 14.4 Å². The van der Waals surface area contributed by atoms with Crippen LogP contribution in [0.3, 0.4) is 0 Å². The summed E-state index contributed by atoms with van der Waals surface area (Å²) in [6.07, 6.45) is 0.745. The Balaban J connectivity index is 1.65. The quantitative estimate of drug-likeness (QED) is 0.428. The minimum atomic E-state index is -1.19. The molecule has 1 saturated carbocycles. The number of carbonyl (C=O) groups is 4. The predicted octanol–water partition coefficient (Wildman–Crippen LogP) is 4.23. The van der Waals surface area contributed by atoms with Gasteiger partial charge in [-0.05, 0) is 61.1 Å². The Labute approximate surface area is 208 Å². The number of carboxylic acids is 2. The highest BCUT2D eigenvalue weighted by Crippen LogP contribution is 2.56. The smallest absolute Gasteiger partial charge is 0.326 e. The number of hydrogen-bond donors (Lipinski definition) is 4. The normalized spacial score (nSPS) is 21.7. The fraction of sp³-hybridized carbons (Fsp3) is 0.385. The van der Waals surface area contributed by atoms with Crippen molar-refractivity contribution >= 4 is 41.0 Å². The molecule has 8 nitrogen and oxygen atoms in total. The van der Waals surface area contributed by atoms with Gasteiger partial charge in [-0.15, -0.1) is 0 Å². The van der Waals surface area contributed by atoms with E-state index in [2.05, 4.69) is 10.6 Å². The molecule has 0 radical (unpaired) electrons. The largest absolute Gasteiger partial charge is 0.481 e. The summed E-state index contributed by atoms with van der Waals surface area (Å²) in [6, 6.07) is 12.0. The average molecular weight is 501 g/mol. The maximum Gasteiger partial charge on any atom is 0.326 e. The van der Waals surface area contributed by atoms with E-state index < -0.39 is 40.6 Å². The molecular weight excluding hydrogens is 472 g/mol. The number of nitrogens with one attached hydrogen (secondary N) is 2. The zero-order valence-electron chi connectivity index (χ0n) is 19.8. The first-order valence-electron chi connectivity index (χ1n) is 11.3. The first kappa shape index (κ1) is 26.2. The van der Waals surface area contributed by atoms with Crippen molar-refractivity contribution in [3.05, 3.63) is 64.7 Å². The number of hydrogen-bond acceptors (Lipinski definition) is 4. The van der Waals surface area contributed by atoms with Gasteiger partial charge in [0.25, 0.3) is 5.91 Å². The van der Waals surface area contributed by atoms with Gasteiger partial charge >= 0.3 is 11.9 Å². The van der Waals surface area contributed by atoms with Crippen LogP contribution in [0.2, 0.25) is 5.02 Å². The highest BCUT2D eigenvalue weighted by Gasteiger charge is 2.58. The predicted molar refractivity (Wildman–Crippen MR) is 131 cm³/mol. The number of anilines is 1. The molecule has 2 amide bonds. The molecule has 186 valence electrons. The second kappa shape index (κ2) is 10.1. The Morgan fingerprint density at radius 3 is 2.26 bits per heavy atom. The summed E-state index contributed by atoms with van der Waals surface area (Å²) in [7, 11) is 0. The van der Waals surface area contributed by atoms with Crippen LogP contribution in [0.4, 0.5) is 5.69 Å². The molecule has 0 aromatic heterocycles. The maximum absolute atomic E-state index is 13.0. The number of benzene rings is 2. The van der Waals surface area contributed by atoms with Crippen LogP contribution in [0.15, 0.2) is 48.5 Å². The van der Waals surface area contributed by atoms with Gasteiger partial charge in [-0.1, -0.05) is 43.6 Å². The van der Waals surface area contributed by atoms with Gasteiger partial charge in [0.2, 0.25) is 5.91 Å². The van der Waals surface area contributed by atoms with E-state index in [0.717, 1.165) is 0 Å². The number of halogens is 1. The monoisotopic (exact) mass is 500 g/mol. The van der Waals surface area contributed by atoms with Crippen molar-refractivity contribution in [3.63, 3.8) is 0 Å². The number of aliphatic carboxylic acids is 2. The molecule has 0 heterocycles. The van der Waals surface area contributed by atoms with E-state index >= 15 is 0 Å². The van der Waals surface area contributed by atoms with Crippen LogP contribution < -0.4 is 10.6 Å². The summed E-state index contributed by atoms with van der Waals surface area (Å²) in [4.78, 5) is 49.0. The fourth-order valence-corrected chi connectivity index (χ4v) is 4.80. The summed E-state index contributed by atoms with van der Waals surface area (Å²) in [6.45, 7) is 5.11. The molecule has 1 aliphatic rings. The topological polar surface area (TPSA) is 133 Å².